The van der Waals surface area contributed by atoms with Crippen molar-refractivity contribution >= 4 is 29.5 Å². The molecule has 0 N–H and O–H groups in total. The Morgan fingerprint density at radius 3 is 2.42 bits per heavy atom. The molecule has 0 aromatic heterocycles. The van der Waals surface area contributed by atoms with E-state index < -0.39 is 47.0 Å². The van der Waals surface area contributed by atoms with Crippen LogP contribution in [-0.2, 0) is 14.4 Å². The van der Waals surface area contributed by atoms with Gasteiger partial charge in [0.2, 0.25) is 11.8 Å². The molecule has 2 fully saturated rings. The summed E-state index contributed by atoms with van der Waals surface area (Å²) in [5.74, 6) is -3.24. The van der Waals surface area contributed by atoms with Crippen LogP contribution in [-0.4, -0.2) is 34.9 Å². The van der Waals surface area contributed by atoms with Crippen LogP contribution in [0.3, 0.4) is 0 Å². The summed E-state index contributed by atoms with van der Waals surface area (Å²) in [6, 6.07) is 11.6. The van der Waals surface area contributed by atoms with Crippen LogP contribution in [0.15, 0.2) is 53.6 Å². The Balaban J connectivity index is 1.67. The predicted octanol–water partition coefficient (Wildman–Crippen LogP) is 3.32. The van der Waals surface area contributed by atoms with Gasteiger partial charge in [-0.2, -0.15) is 5.10 Å². The molecule has 31 heavy (non-hydrogen) atoms. The van der Waals surface area contributed by atoms with Gasteiger partial charge in [-0.25, -0.2) is 9.29 Å². The third-order valence-corrected chi connectivity index (χ3v) is 6.37. The summed E-state index contributed by atoms with van der Waals surface area (Å²) in [5, 5.41) is 6.16. The zero-order valence-corrected chi connectivity index (χ0v) is 17.4. The SMILES string of the molecule is CC(C)(C)C(=O)[C@H]1[C@H]2C(=O)N(c3cccc(F)c3)C(=O)[C@H]2C2c3ccccc3C=NN21. The van der Waals surface area contributed by atoms with Gasteiger partial charge in [-0.3, -0.25) is 19.4 Å². The Morgan fingerprint density at radius 2 is 1.71 bits per heavy atom. The van der Waals surface area contributed by atoms with E-state index in [9.17, 15) is 18.8 Å². The van der Waals surface area contributed by atoms with Crippen LogP contribution in [0.4, 0.5) is 10.1 Å². The smallest absolute Gasteiger partial charge is 0.240 e. The van der Waals surface area contributed by atoms with Crippen molar-refractivity contribution in [1.82, 2.24) is 5.01 Å². The lowest BCUT2D eigenvalue weighted by Crippen LogP contribution is -2.48. The van der Waals surface area contributed by atoms with Gasteiger partial charge in [-0.15, -0.1) is 0 Å². The first kappa shape index (κ1) is 19.6. The second kappa shape index (κ2) is 6.57. The molecule has 2 saturated heterocycles. The topological polar surface area (TPSA) is 70.0 Å². The van der Waals surface area contributed by atoms with Crippen LogP contribution in [0.25, 0.3) is 0 Å². The minimum absolute atomic E-state index is 0.149. The number of carbonyl (C=O) groups is 3. The van der Waals surface area contributed by atoms with E-state index in [1.54, 1.807) is 32.0 Å². The molecular formula is C24H22FN3O3. The first-order valence-electron chi connectivity index (χ1n) is 10.3. The van der Waals surface area contributed by atoms with Crippen LogP contribution in [0.1, 0.15) is 37.9 Å². The number of hydrogen-bond acceptors (Lipinski definition) is 5. The van der Waals surface area contributed by atoms with E-state index in [0.29, 0.717) is 0 Å². The molecule has 3 heterocycles. The van der Waals surface area contributed by atoms with E-state index in [2.05, 4.69) is 5.10 Å². The molecular weight excluding hydrogens is 397 g/mol. The number of ketones is 1. The lowest BCUT2D eigenvalue weighted by Gasteiger charge is -2.35. The fourth-order valence-corrected chi connectivity index (χ4v) is 4.98. The molecule has 0 saturated carbocycles. The first-order chi connectivity index (χ1) is 14.7. The lowest BCUT2D eigenvalue weighted by atomic mass is 9.79. The Labute approximate surface area is 179 Å². The molecule has 3 aliphatic heterocycles. The van der Waals surface area contributed by atoms with Crippen LogP contribution >= 0.6 is 0 Å². The molecule has 2 amide bonds. The minimum Gasteiger partial charge on any atom is -0.297 e. The lowest BCUT2D eigenvalue weighted by molar-refractivity contribution is -0.136. The number of anilines is 1. The van der Waals surface area contributed by atoms with Gasteiger partial charge < -0.3 is 0 Å². The minimum atomic E-state index is -0.879. The molecule has 0 spiro atoms. The van der Waals surface area contributed by atoms with Gasteiger partial charge in [0.1, 0.15) is 11.9 Å². The molecule has 4 atom stereocenters. The van der Waals surface area contributed by atoms with Crippen molar-refractivity contribution in [3.05, 3.63) is 65.5 Å². The molecule has 6 nitrogen and oxygen atoms in total. The molecule has 158 valence electrons. The summed E-state index contributed by atoms with van der Waals surface area (Å²) in [7, 11) is 0. The van der Waals surface area contributed by atoms with Crippen molar-refractivity contribution in [2.24, 2.45) is 22.4 Å². The largest absolute Gasteiger partial charge is 0.297 e. The van der Waals surface area contributed by atoms with E-state index >= 15 is 0 Å². The number of benzene rings is 2. The molecule has 2 aromatic rings. The van der Waals surface area contributed by atoms with E-state index in [1.165, 1.54) is 24.3 Å². The summed E-state index contributed by atoms with van der Waals surface area (Å²) in [6.07, 6.45) is 1.68. The highest BCUT2D eigenvalue weighted by Crippen LogP contribution is 2.53. The zero-order valence-electron chi connectivity index (χ0n) is 17.4. The number of hydrogen-bond donors (Lipinski definition) is 0. The molecule has 0 aliphatic carbocycles. The Bertz CT molecular complexity index is 1150. The normalized spacial score (nSPS) is 26.7. The number of fused-ring (bicyclic) bond motifs is 5. The highest BCUT2D eigenvalue weighted by molar-refractivity contribution is 6.24. The van der Waals surface area contributed by atoms with Crippen LogP contribution in [0.2, 0.25) is 0 Å². The summed E-state index contributed by atoms with van der Waals surface area (Å²) in [4.78, 5) is 41.7. The molecule has 3 aliphatic rings. The number of imide groups is 1. The van der Waals surface area contributed by atoms with Crippen LogP contribution < -0.4 is 4.90 Å². The van der Waals surface area contributed by atoms with E-state index in [4.69, 9.17) is 0 Å². The maximum absolute atomic E-state index is 13.9. The van der Waals surface area contributed by atoms with E-state index in [0.717, 1.165) is 16.0 Å². The number of Topliss-reactive ketones (excluding diaryl/α,β-unsaturated/α-hetero) is 1. The molecule has 0 bridgehead atoms. The number of rotatable bonds is 2. The van der Waals surface area contributed by atoms with Gasteiger partial charge >= 0.3 is 0 Å². The average molecular weight is 419 g/mol. The monoisotopic (exact) mass is 419 g/mol. The highest BCUT2D eigenvalue weighted by atomic mass is 19.1. The van der Waals surface area contributed by atoms with Crippen molar-refractivity contribution in [2.75, 3.05) is 4.90 Å². The number of amides is 2. The maximum atomic E-state index is 13.9. The number of halogens is 1. The van der Waals surface area contributed by atoms with Gasteiger partial charge in [0.05, 0.1) is 29.8 Å². The third-order valence-electron chi connectivity index (χ3n) is 6.37. The summed E-state index contributed by atoms with van der Waals surface area (Å²) in [6.45, 7) is 5.39. The maximum Gasteiger partial charge on any atom is 0.240 e. The van der Waals surface area contributed by atoms with Crippen molar-refractivity contribution in [3.8, 4) is 0 Å². The van der Waals surface area contributed by atoms with E-state index in [-0.39, 0.29) is 11.5 Å². The van der Waals surface area contributed by atoms with Crippen LogP contribution in [0, 0.1) is 23.1 Å². The number of hydrazone groups is 1. The predicted molar refractivity (Wildman–Crippen MR) is 113 cm³/mol. The fraction of sp³-hybridized carbons (Fsp3) is 0.333. The second-order valence-corrected chi connectivity index (χ2v) is 9.30. The highest BCUT2D eigenvalue weighted by Gasteiger charge is 2.66. The van der Waals surface area contributed by atoms with Gasteiger partial charge in [0.25, 0.3) is 0 Å². The van der Waals surface area contributed by atoms with Gasteiger partial charge in [0.15, 0.2) is 5.78 Å². The average Bonchev–Trinajstić information content (AvgIpc) is 3.19. The van der Waals surface area contributed by atoms with Crippen molar-refractivity contribution in [3.63, 3.8) is 0 Å². The standard InChI is InChI=1S/C24H22FN3O3/c1-24(2,3)21(29)20-18-17(19-16-10-5-4-7-13(16)12-26-28(19)20)22(30)27(23(18)31)15-9-6-8-14(25)11-15/h4-12,17-20H,1-3H3/t17-,18+,19?,20-/m1/s1. The van der Waals surface area contributed by atoms with Crippen LogP contribution in [0.5, 0.6) is 0 Å². The fourth-order valence-electron chi connectivity index (χ4n) is 4.98. The van der Waals surface area contributed by atoms with Gasteiger partial charge in [0, 0.05) is 5.41 Å². The molecule has 5 rings (SSSR count). The van der Waals surface area contributed by atoms with Gasteiger partial charge in [-0.1, -0.05) is 51.1 Å². The summed E-state index contributed by atoms with van der Waals surface area (Å²) < 4.78 is 13.9. The van der Waals surface area contributed by atoms with Crippen molar-refractivity contribution in [1.29, 1.82) is 0 Å². The Morgan fingerprint density at radius 1 is 1.00 bits per heavy atom. The number of nitrogens with zero attached hydrogens (tertiary/aromatic N) is 3. The molecule has 0 radical (unpaired) electrons. The van der Waals surface area contributed by atoms with E-state index in [1.807, 2.05) is 24.3 Å². The molecule has 2 aromatic carbocycles. The first-order valence-corrected chi connectivity index (χ1v) is 10.3. The van der Waals surface area contributed by atoms with Crippen molar-refractivity contribution < 1.29 is 18.8 Å². The Hall–Kier alpha value is -3.35. The third kappa shape index (κ3) is 2.76. The summed E-state index contributed by atoms with van der Waals surface area (Å²) in [5.41, 5.74) is 1.17. The second-order valence-electron chi connectivity index (χ2n) is 9.30. The Kier molecular flexibility index (Phi) is 4.16. The van der Waals surface area contributed by atoms with Gasteiger partial charge in [-0.05, 0) is 29.3 Å². The molecule has 1 unspecified atom stereocenters. The molecule has 7 heteroatoms. The quantitative estimate of drug-likeness (QED) is 0.701. The summed E-state index contributed by atoms with van der Waals surface area (Å²) >= 11 is 0. The zero-order chi connectivity index (χ0) is 22.1. The number of carbonyl (C=O) groups excluding carboxylic acids is 3. The van der Waals surface area contributed by atoms with Crippen molar-refractivity contribution in [2.45, 2.75) is 32.9 Å².